The quantitative estimate of drug-likeness (QED) is 0.861. The number of aromatic amines is 1. The predicted octanol–water partition coefficient (Wildman–Crippen LogP) is 3.69. The topological polar surface area (TPSA) is 62.0 Å². The first-order chi connectivity index (χ1) is 11.3. The summed E-state index contributed by atoms with van der Waals surface area (Å²) in [7, 11) is 0. The van der Waals surface area contributed by atoms with E-state index in [9.17, 15) is 22.8 Å². The number of carbonyl (C=O) groups is 2. The predicted molar refractivity (Wildman–Crippen MR) is 82.1 cm³/mol. The van der Waals surface area contributed by atoms with E-state index in [1.807, 2.05) is 0 Å². The van der Waals surface area contributed by atoms with Gasteiger partial charge in [-0.05, 0) is 44.6 Å². The summed E-state index contributed by atoms with van der Waals surface area (Å²) < 4.78 is 38.6. The van der Waals surface area contributed by atoms with Crippen molar-refractivity contribution in [1.29, 1.82) is 0 Å². The summed E-state index contributed by atoms with van der Waals surface area (Å²) in [5, 5.41) is 2.72. The summed E-state index contributed by atoms with van der Waals surface area (Å²) in [6, 6.07) is -0.478. The van der Waals surface area contributed by atoms with E-state index in [4.69, 9.17) is 0 Å². The van der Waals surface area contributed by atoms with Gasteiger partial charge in [0, 0.05) is 23.7 Å². The standard InChI is InChI=1S/C17H21F3N2O2/c1-9-14-12(6-3-7-13(14)23)22-15(9)16(24)21-11-5-2-4-10(8-11)17(18,19)20/h10-11,22H,2-8H2,1H3,(H,21,24)/t10-,11+/m0/s1. The Bertz CT molecular complexity index is 664. The Morgan fingerprint density at radius 1 is 1.21 bits per heavy atom. The van der Waals surface area contributed by atoms with Crippen LogP contribution in [0.2, 0.25) is 0 Å². The number of halogens is 3. The number of hydrogen-bond acceptors (Lipinski definition) is 2. The van der Waals surface area contributed by atoms with E-state index in [2.05, 4.69) is 10.3 Å². The van der Waals surface area contributed by atoms with Crippen LogP contribution in [0.1, 0.15) is 70.6 Å². The molecular weight excluding hydrogens is 321 g/mol. The lowest BCUT2D eigenvalue weighted by atomic mass is 9.85. The summed E-state index contributed by atoms with van der Waals surface area (Å²) in [5.74, 6) is -1.74. The minimum atomic E-state index is -4.21. The molecule has 0 saturated heterocycles. The summed E-state index contributed by atoms with van der Waals surface area (Å²) in [5.41, 5.74) is 2.27. The minimum Gasteiger partial charge on any atom is -0.354 e. The van der Waals surface area contributed by atoms with E-state index in [0.29, 0.717) is 36.1 Å². The van der Waals surface area contributed by atoms with Crippen LogP contribution in [0.3, 0.4) is 0 Å². The van der Waals surface area contributed by atoms with Crippen molar-refractivity contribution in [2.75, 3.05) is 0 Å². The van der Waals surface area contributed by atoms with E-state index in [1.165, 1.54) is 0 Å². The number of carbonyl (C=O) groups excluding carboxylic acids is 2. The van der Waals surface area contributed by atoms with Gasteiger partial charge in [-0.25, -0.2) is 0 Å². The second-order valence-corrected chi connectivity index (χ2v) is 6.83. The molecule has 24 heavy (non-hydrogen) atoms. The van der Waals surface area contributed by atoms with Crippen molar-refractivity contribution in [3.63, 3.8) is 0 Å². The number of aryl methyl sites for hydroxylation is 1. The summed E-state index contributed by atoms with van der Waals surface area (Å²) in [4.78, 5) is 27.5. The lowest BCUT2D eigenvalue weighted by molar-refractivity contribution is -0.183. The first kappa shape index (κ1) is 17.0. The molecule has 132 valence electrons. The second-order valence-electron chi connectivity index (χ2n) is 6.83. The highest BCUT2D eigenvalue weighted by Gasteiger charge is 2.42. The van der Waals surface area contributed by atoms with Gasteiger partial charge in [0.2, 0.25) is 0 Å². The van der Waals surface area contributed by atoms with Gasteiger partial charge in [-0.15, -0.1) is 0 Å². The third-order valence-corrected chi connectivity index (χ3v) is 5.14. The van der Waals surface area contributed by atoms with Crippen LogP contribution in [0.25, 0.3) is 0 Å². The molecule has 0 radical (unpaired) electrons. The number of fused-ring (bicyclic) bond motifs is 1. The van der Waals surface area contributed by atoms with E-state index in [0.717, 1.165) is 18.5 Å². The van der Waals surface area contributed by atoms with Gasteiger partial charge >= 0.3 is 6.18 Å². The monoisotopic (exact) mass is 342 g/mol. The number of hydrogen-bond donors (Lipinski definition) is 2. The zero-order chi connectivity index (χ0) is 17.5. The Balaban J connectivity index is 1.73. The lowest BCUT2D eigenvalue weighted by Crippen LogP contribution is -2.41. The van der Waals surface area contributed by atoms with Crippen molar-refractivity contribution in [2.24, 2.45) is 5.92 Å². The summed E-state index contributed by atoms with van der Waals surface area (Å²) in [6.07, 6.45) is -1.21. The smallest absolute Gasteiger partial charge is 0.354 e. The number of alkyl halides is 3. The maximum Gasteiger partial charge on any atom is 0.391 e. The molecule has 1 saturated carbocycles. The molecule has 2 aliphatic rings. The fraction of sp³-hybridized carbons (Fsp3) is 0.647. The molecule has 0 bridgehead atoms. The van der Waals surface area contributed by atoms with E-state index >= 15 is 0 Å². The van der Waals surface area contributed by atoms with Crippen molar-refractivity contribution < 1.29 is 22.8 Å². The van der Waals surface area contributed by atoms with Gasteiger partial charge in [0.05, 0.1) is 5.92 Å². The van der Waals surface area contributed by atoms with Crippen LogP contribution in [-0.2, 0) is 6.42 Å². The van der Waals surface area contributed by atoms with Crippen LogP contribution < -0.4 is 5.32 Å². The van der Waals surface area contributed by atoms with Crippen molar-refractivity contribution in [3.05, 3.63) is 22.5 Å². The molecule has 1 aromatic rings. The van der Waals surface area contributed by atoms with Crippen LogP contribution in [0, 0.1) is 12.8 Å². The molecule has 1 fully saturated rings. The van der Waals surface area contributed by atoms with Crippen LogP contribution >= 0.6 is 0 Å². The van der Waals surface area contributed by atoms with Crippen molar-refractivity contribution in [1.82, 2.24) is 10.3 Å². The first-order valence-electron chi connectivity index (χ1n) is 8.39. The Kier molecular flexibility index (Phi) is 4.44. The minimum absolute atomic E-state index is 0.0267. The molecule has 3 rings (SSSR count). The second kappa shape index (κ2) is 6.26. The normalized spacial score (nSPS) is 24.6. The molecule has 1 aromatic heterocycles. The molecule has 0 spiro atoms. The molecule has 2 aliphatic carbocycles. The molecule has 1 amide bonds. The van der Waals surface area contributed by atoms with E-state index < -0.39 is 24.0 Å². The third-order valence-electron chi connectivity index (χ3n) is 5.14. The largest absolute Gasteiger partial charge is 0.391 e. The average Bonchev–Trinajstić information content (AvgIpc) is 2.85. The first-order valence-corrected chi connectivity index (χ1v) is 8.39. The van der Waals surface area contributed by atoms with Crippen LogP contribution in [0.4, 0.5) is 13.2 Å². The van der Waals surface area contributed by atoms with Crippen molar-refractivity contribution in [3.8, 4) is 0 Å². The summed E-state index contributed by atoms with van der Waals surface area (Å²) in [6.45, 7) is 1.72. The van der Waals surface area contributed by atoms with Gasteiger partial charge in [0.1, 0.15) is 5.69 Å². The van der Waals surface area contributed by atoms with E-state index in [1.54, 1.807) is 6.92 Å². The highest BCUT2D eigenvalue weighted by molar-refractivity contribution is 6.04. The molecule has 0 aliphatic heterocycles. The molecule has 1 heterocycles. The number of ketones is 1. The molecule has 2 N–H and O–H groups in total. The van der Waals surface area contributed by atoms with Crippen LogP contribution in [0.15, 0.2) is 0 Å². The number of aromatic nitrogens is 1. The van der Waals surface area contributed by atoms with Gasteiger partial charge in [-0.3, -0.25) is 9.59 Å². The highest BCUT2D eigenvalue weighted by atomic mass is 19.4. The van der Waals surface area contributed by atoms with Crippen molar-refractivity contribution >= 4 is 11.7 Å². The summed E-state index contributed by atoms with van der Waals surface area (Å²) >= 11 is 0. The average molecular weight is 342 g/mol. The van der Waals surface area contributed by atoms with Crippen LogP contribution in [0.5, 0.6) is 0 Å². The number of nitrogens with one attached hydrogen (secondary N) is 2. The van der Waals surface area contributed by atoms with Crippen molar-refractivity contribution in [2.45, 2.75) is 64.1 Å². The maximum atomic E-state index is 12.9. The third kappa shape index (κ3) is 3.21. The SMILES string of the molecule is Cc1c(C(=O)N[C@@H]2CCC[C@H](C(F)(F)F)C2)[nH]c2c1C(=O)CCC2. The highest BCUT2D eigenvalue weighted by Crippen LogP contribution is 2.37. The Morgan fingerprint density at radius 3 is 2.62 bits per heavy atom. The van der Waals surface area contributed by atoms with E-state index in [-0.39, 0.29) is 18.6 Å². The number of Topliss-reactive ketones (excluding diaryl/α,β-unsaturated/α-hetero) is 1. The van der Waals surface area contributed by atoms with Gasteiger partial charge in [0.15, 0.2) is 5.78 Å². The lowest BCUT2D eigenvalue weighted by Gasteiger charge is -2.31. The molecule has 2 atom stereocenters. The zero-order valence-electron chi connectivity index (χ0n) is 13.6. The number of amides is 1. The van der Waals surface area contributed by atoms with Gasteiger partial charge in [0.25, 0.3) is 5.91 Å². The molecule has 0 aromatic carbocycles. The molecule has 4 nitrogen and oxygen atoms in total. The van der Waals surface area contributed by atoms with Crippen LogP contribution in [-0.4, -0.2) is 28.9 Å². The molecule has 0 unspecified atom stereocenters. The van der Waals surface area contributed by atoms with Gasteiger partial charge in [-0.1, -0.05) is 6.42 Å². The fourth-order valence-corrected chi connectivity index (χ4v) is 3.88. The Labute approximate surface area is 138 Å². The molecular formula is C17H21F3N2O2. The Morgan fingerprint density at radius 2 is 1.96 bits per heavy atom. The zero-order valence-corrected chi connectivity index (χ0v) is 13.6. The number of H-pyrrole nitrogens is 1. The molecule has 7 heteroatoms. The Hall–Kier alpha value is -1.79. The maximum absolute atomic E-state index is 12.9. The number of rotatable bonds is 2. The van der Waals surface area contributed by atoms with Gasteiger partial charge in [-0.2, -0.15) is 13.2 Å². The fourth-order valence-electron chi connectivity index (χ4n) is 3.88. The van der Waals surface area contributed by atoms with Gasteiger partial charge < -0.3 is 10.3 Å².